The minimum Gasteiger partial charge on any atom is -0.329 e. The maximum absolute atomic E-state index is 13.4. The highest BCUT2D eigenvalue weighted by Gasteiger charge is 2.53. The maximum atomic E-state index is 13.4. The summed E-state index contributed by atoms with van der Waals surface area (Å²) in [6.45, 7) is 2.94. The zero-order chi connectivity index (χ0) is 19.2. The van der Waals surface area contributed by atoms with Gasteiger partial charge in [-0.2, -0.15) is 0 Å². The van der Waals surface area contributed by atoms with Crippen LogP contribution >= 0.6 is 39.1 Å². The summed E-state index contributed by atoms with van der Waals surface area (Å²) in [7, 11) is 0. The number of hydrogen-bond donors (Lipinski definition) is 0. The Bertz CT molecular complexity index is 918. The molecule has 1 amide bonds. The van der Waals surface area contributed by atoms with E-state index in [0.717, 1.165) is 47.8 Å². The van der Waals surface area contributed by atoms with E-state index in [0.29, 0.717) is 10.0 Å². The van der Waals surface area contributed by atoms with E-state index in [4.69, 9.17) is 23.2 Å². The molecule has 0 radical (unpaired) electrons. The van der Waals surface area contributed by atoms with E-state index in [-0.39, 0.29) is 11.4 Å². The van der Waals surface area contributed by atoms with Gasteiger partial charge in [0.05, 0.1) is 5.54 Å². The molecule has 1 fully saturated rings. The molecule has 0 aliphatic carbocycles. The highest BCUT2D eigenvalue weighted by Crippen LogP contribution is 2.50. The summed E-state index contributed by atoms with van der Waals surface area (Å²) in [6, 6.07) is 13.8. The molecule has 1 unspecified atom stereocenters. The van der Waals surface area contributed by atoms with Crippen molar-refractivity contribution in [1.82, 2.24) is 4.90 Å². The van der Waals surface area contributed by atoms with E-state index in [1.165, 1.54) is 11.1 Å². The fraction of sp³-hybridized carbons (Fsp3) is 0.318. The summed E-state index contributed by atoms with van der Waals surface area (Å²) in [4.78, 5) is 15.5. The van der Waals surface area contributed by atoms with Crippen LogP contribution in [0.15, 0.2) is 52.5 Å². The molecule has 4 rings (SSSR count). The second kappa shape index (κ2) is 7.27. The Balaban J connectivity index is 1.85. The molecule has 27 heavy (non-hydrogen) atoms. The van der Waals surface area contributed by atoms with Crippen LogP contribution in [0.4, 0.5) is 0 Å². The topological polar surface area (TPSA) is 20.3 Å². The number of hydrogen-bond acceptors (Lipinski definition) is 1. The van der Waals surface area contributed by atoms with Crippen molar-refractivity contribution >= 4 is 50.6 Å². The summed E-state index contributed by atoms with van der Waals surface area (Å²) >= 11 is 16.0. The summed E-state index contributed by atoms with van der Waals surface area (Å²) in [5.74, 6) is 0.111. The second-order valence-corrected chi connectivity index (χ2v) is 9.05. The first-order chi connectivity index (χ1) is 12.9. The van der Waals surface area contributed by atoms with Crippen molar-refractivity contribution < 1.29 is 4.79 Å². The lowest BCUT2D eigenvalue weighted by molar-refractivity contribution is -0.126. The number of carbonyl (C=O) groups is 1. The van der Waals surface area contributed by atoms with Crippen LogP contribution in [0.25, 0.3) is 5.57 Å². The molecule has 1 atom stereocenters. The predicted octanol–water partition coefficient (Wildman–Crippen LogP) is 6.54. The van der Waals surface area contributed by atoms with Gasteiger partial charge in [0.15, 0.2) is 0 Å². The van der Waals surface area contributed by atoms with Gasteiger partial charge in [0.1, 0.15) is 0 Å². The second-order valence-electron chi connectivity index (χ2n) is 7.26. The van der Waals surface area contributed by atoms with Crippen LogP contribution in [0.3, 0.4) is 0 Å². The molecular weight excluding hydrogens is 445 g/mol. The average Bonchev–Trinajstić information content (AvgIpc) is 3.12. The first-order valence-electron chi connectivity index (χ1n) is 9.21. The molecule has 2 nitrogen and oxygen atoms in total. The molecule has 0 N–H and O–H groups in total. The molecule has 2 heterocycles. The molecule has 2 aliphatic heterocycles. The van der Waals surface area contributed by atoms with Gasteiger partial charge in [0, 0.05) is 26.6 Å². The van der Waals surface area contributed by atoms with E-state index < -0.39 is 0 Å². The number of nitrogens with zero attached hydrogens (tertiary/aromatic N) is 1. The van der Waals surface area contributed by atoms with E-state index >= 15 is 0 Å². The third-order valence-corrected chi connectivity index (χ3v) is 6.69. The van der Waals surface area contributed by atoms with Crippen LogP contribution < -0.4 is 0 Å². The van der Waals surface area contributed by atoms with Crippen LogP contribution in [0.5, 0.6) is 0 Å². The molecule has 0 spiro atoms. The Labute approximate surface area is 178 Å². The van der Waals surface area contributed by atoms with Gasteiger partial charge in [-0.05, 0) is 72.7 Å². The lowest BCUT2D eigenvalue weighted by atomic mass is 9.79. The van der Waals surface area contributed by atoms with Crippen molar-refractivity contribution in [2.75, 3.05) is 6.54 Å². The molecule has 140 valence electrons. The Morgan fingerprint density at radius 2 is 1.78 bits per heavy atom. The number of rotatable bonds is 4. The Morgan fingerprint density at radius 1 is 1.11 bits per heavy atom. The molecule has 1 saturated heterocycles. The molecule has 0 saturated carbocycles. The Kier molecular flexibility index (Phi) is 5.13. The average molecular weight is 465 g/mol. The van der Waals surface area contributed by atoms with Crippen LogP contribution in [-0.2, 0) is 11.2 Å². The van der Waals surface area contributed by atoms with E-state index in [9.17, 15) is 4.79 Å². The minimum absolute atomic E-state index is 0.111. The van der Waals surface area contributed by atoms with E-state index in [2.05, 4.69) is 52.0 Å². The lowest BCUT2D eigenvalue weighted by Gasteiger charge is -2.35. The number of carbonyl (C=O) groups excluding carboxylic acids is 1. The number of amides is 1. The van der Waals surface area contributed by atoms with Crippen LogP contribution in [0, 0.1) is 0 Å². The highest BCUT2D eigenvalue weighted by atomic mass is 79.9. The molecule has 2 aliphatic rings. The third kappa shape index (κ3) is 3.24. The first kappa shape index (κ1) is 19.0. The number of fused-ring (bicyclic) bond motifs is 1. The smallest absolute Gasteiger partial charge is 0.255 e. The molecule has 5 heteroatoms. The highest BCUT2D eigenvalue weighted by molar-refractivity contribution is 9.10. The van der Waals surface area contributed by atoms with Gasteiger partial charge in [-0.3, -0.25) is 4.79 Å². The van der Waals surface area contributed by atoms with Crippen molar-refractivity contribution in [2.24, 2.45) is 0 Å². The van der Waals surface area contributed by atoms with Gasteiger partial charge in [-0.15, -0.1) is 0 Å². The SMILES string of the molecule is CCC1=C(c2cc(Cl)cc(Cl)c2)C(=O)N2CCCC12Cc1ccc(Br)cc1. The first-order valence-corrected chi connectivity index (χ1v) is 10.8. The van der Waals surface area contributed by atoms with Crippen LogP contribution in [0.2, 0.25) is 10.0 Å². The third-order valence-electron chi connectivity index (χ3n) is 5.73. The van der Waals surface area contributed by atoms with Gasteiger partial charge in [0.2, 0.25) is 0 Å². The standard InChI is InChI=1S/C22H20BrCl2NO/c1-2-19-20(15-10-17(24)12-18(25)11-15)21(27)26-9-3-8-22(19,26)13-14-4-6-16(23)7-5-14/h4-7,10-12H,2-3,8-9,13H2,1H3. The molecule has 2 aromatic carbocycles. The molecule has 0 bridgehead atoms. The molecule has 2 aromatic rings. The lowest BCUT2D eigenvalue weighted by Crippen LogP contribution is -2.45. The summed E-state index contributed by atoms with van der Waals surface area (Å²) in [5, 5.41) is 1.12. The summed E-state index contributed by atoms with van der Waals surface area (Å²) in [5.41, 5.74) is 3.85. The predicted molar refractivity (Wildman–Crippen MR) is 115 cm³/mol. The number of halogens is 3. The van der Waals surface area contributed by atoms with Gasteiger partial charge >= 0.3 is 0 Å². The Hall–Kier alpha value is -1.29. The normalized spacial score (nSPS) is 21.9. The van der Waals surface area contributed by atoms with E-state index in [1.54, 1.807) is 6.07 Å². The molecular formula is C22H20BrCl2NO. The monoisotopic (exact) mass is 463 g/mol. The minimum atomic E-state index is -0.232. The number of benzene rings is 2. The van der Waals surface area contributed by atoms with Crippen molar-refractivity contribution in [3.63, 3.8) is 0 Å². The quantitative estimate of drug-likeness (QED) is 0.503. The van der Waals surface area contributed by atoms with Crippen molar-refractivity contribution in [2.45, 2.75) is 38.1 Å². The van der Waals surface area contributed by atoms with E-state index in [1.807, 2.05) is 12.1 Å². The largest absolute Gasteiger partial charge is 0.329 e. The molecule has 0 aromatic heterocycles. The zero-order valence-corrected chi connectivity index (χ0v) is 18.2. The summed E-state index contributed by atoms with van der Waals surface area (Å²) < 4.78 is 1.06. The fourth-order valence-corrected chi connectivity index (χ4v) is 5.51. The van der Waals surface area contributed by atoms with Gasteiger partial charge in [0.25, 0.3) is 5.91 Å². The Morgan fingerprint density at radius 3 is 2.41 bits per heavy atom. The summed E-state index contributed by atoms with van der Waals surface area (Å²) in [6.07, 6.45) is 3.70. The maximum Gasteiger partial charge on any atom is 0.255 e. The van der Waals surface area contributed by atoms with Crippen molar-refractivity contribution in [3.8, 4) is 0 Å². The fourth-order valence-electron chi connectivity index (χ4n) is 4.72. The zero-order valence-electron chi connectivity index (χ0n) is 15.1. The van der Waals surface area contributed by atoms with Crippen LogP contribution in [0.1, 0.15) is 37.3 Å². The van der Waals surface area contributed by atoms with Crippen molar-refractivity contribution in [1.29, 1.82) is 0 Å². The van der Waals surface area contributed by atoms with Gasteiger partial charge in [-0.25, -0.2) is 0 Å². The van der Waals surface area contributed by atoms with Crippen molar-refractivity contribution in [3.05, 3.63) is 73.7 Å². The van der Waals surface area contributed by atoms with Crippen LogP contribution in [-0.4, -0.2) is 22.9 Å². The van der Waals surface area contributed by atoms with Gasteiger partial charge < -0.3 is 4.90 Å². The van der Waals surface area contributed by atoms with Gasteiger partial charge in [-0.1, -0.05) is 58.2 Å².